The minimum absolute atomic E-state index is 0.0296. The van der Waals surface area contributed by atoms with E-state index in [-0.39, 0.29) is 5.78 Å². The average molecular weight is 371 g/mol. The number of amidine groups is 1. The predicted molar refractivity (Wildman–Crippen MR) is 111 cm³/mol. The van der Waals surface area contributed by atoms with Crippen molar-refractivity contribution in [2.75, 3.05) is 7.11 Å². The van der Waals surface area contributed by atoms with Crippen molar-refractivity contribution in [2.24, 2.45) is 10.7 Å². The van der Waals surface area contributed by atoms with E-state index in [1.807, 2.05) is 24.3 Å². The van der Waals surface area contributed by atoms with Crippen LogP contribution in [0.2, 0.25) is 0 Å². The minimum atomic E-state index is 0.0296. The molecule has 0 amide bonds. The molecule has 2 aromatic rings. The van der Waals surface area contributed by atoms with Crippen LogP contribution in [0.5, 0.6) is 5.75 Å². The second kappa shape index (κ2) is 9.43. The molecule has 138 valence electrons. The number of thioether (sulfide) groups is 1. The van der Waals surface area contributed by atoms with E-state index < -0.39 is 0 Å². The molecule has 0 heterocycles. The molecule has 0 saturated heterocycles. The van der Waals surface area contributed by atoms with Gasteiger partial charge >= 0.3 is 0 Å². The van der Waals surface area contributed by atoms with Crippen molar-refractivity contribution in [2.45, 2.75) is 38.9 Å². The summed E-state index contributed by atoms with van der Waals surface area (Å²) in [6, 6.07) is 13.6. The van der Waals surface area contributed by atoms with Crippen LogP contribution in [0.3, 0.4) is 0 Å². The van der Waals surface area contributed by atoms with E-state index in [9.17, 15) is 4.79 Å². The maximum atomic E-state index is 11.6. The normalized spacial score (nSPS) is 12.7. The Balaban J connectivity index is 2.08. The van der Waals surface area contributed by atoms with Crippen molar-refractivity contribution in [1.29, 1.82) is 0 Å². The largest absolute Gasteiger partial charge is 0.496 e. The maximum Gasteiger partial charge on any atom is 0.159 e. The lowest BCUT2D eigenvalue weighted by molar-refractivity contribution is 0.101. The highest BCUT2D eigenvalue weighted by Crippen LogP contribution is 2.26. The van der Waals surface area contributed by atoms with Crippen LogP contribution in [0.25, 0.3) is 0 Å². The molecule has 0 unspecified atom stereocenters. The number of hydrogen-bond donors (Lipinski definition) is 1. The van der Waals surface area contributed by atoms with E-state index >= 15 is 0 Å². The van der Waals surface area contributed by atoms with Gasteiger partial charge in [0.1, 0.15) is 5.75 Å². The highest BCUT2D eigenvalue weighted by atomic mass is 32.2. The summed E-state index contributed by atoms with van der Waals surface area (Å²) in [5.74, 6) is 1.90. The van der Waals surface area contributed by atoms with Crippen molar-refractivity contribution in [3.8, 4) is 5.75 Å². The molecule has 2 N–H and O–H groups in total. The Kier molecular flexibility index (Phi) is 7.27. The number of Topliss-reactive ketones (excluding diaryl/α,β-unsaturated/α-hetero) is 1. The molecule has 0 aromatic heterocycles. The fourth-order valence-electron chi connectivity index (χ4n) is 2.53. The van der Waals surface area contributed by atoms with Crippen molar-refractivity contribution in [1.82, 2.24) is 0 Å². The topological polar surface area (TPSA) is 64.7 Å². The number of ketones is 1. The highest BCUT2D eigenvalue weighted by molar-refractivity contribution is 8.13. The van der Waals surface area contributed by atoms with Crippen LogP contribution in [0, 0.1) is 0 Å². The van der Waals surface area contributed by atoms with Crippen LogP contribution < -0.4 is 10.5 Å². The van der Waals surface area contributed by atoms with E-state index in [0.717, 1.165) is 23.4 Å². The smallest absolute Gasteiger partial charge is 0.159 e. The molecule has 0 aliphatic heterocycles. The molecule has 4 nitrogen and oxygen atoms in total. The fraction of sp³-hybridized carbons (Fsp3) is 0.333. The van der Waals surface area contributed by atoms with E-state index in [1.54, 1.807) is 20.1 Å². The molecule has 0 aliphatic carbocycles. The lowest BCUT2D eigenvalue weighted by atomic mass is 9.99. The van der Waals surface area contributed by atoms with Gasteiger partial charge in [-0.15, -0.1) is 0 Å². The van der Waals surface area contributed by atoms with E-state index in [0.29, 0.717) is 22.4 Å². The van der Waals surface area contributed by atoms with Crippen molar-refractivity contribution < 1.29 is 9.53 Å². The van der Waals surface area contributed by atoms with E-state index in [4.69, 9.17) is 10.5 Å². The minimum Gasteiger partial charge on any atom is -0.496 e. The standard InChI is InChI=1S/C21H26N2O2S/c1-5-14(2)16-6-9-19(10-7-16)23-21(22)26-13-18-12-17(15(3)24)8-11-20(18)25-4/h6-12,14H,5,13H2,1-4H3,(H2,22,23)/t14-/m0/s1. The van der Waals surface area contributed by atoms with Gasteiger partial charge in [-0.1, -0.05) is 37.7 Å². The van der Waals surface area contributed by atoms with Gasteiger partial charge < -0.3 is 10.5 Å². The number of benzene rings is 2. The van der Waals surface area contributed by atoms with Gasteiger partial charge in [-0.05, 0) is 55.2 Å². The first-order valence-electron chi connectivity index (χ1n) is 8.69. The molecule has 26 heavy (non-hydrogen) atoms. The third-order valence-electron chi connectivity index (χ3n) is 4.38. The van der Waals surface area contributed by atoms with Gasteiger partial charge in [-0.2, -0.15) is 0 Å². The molecule has 2 rings (SSSR count). The summed E-state index contributed by atoms with van der Waals surface area (Å²) in [6.45, 7) is 5.95. The number of methoxy groups -OCH3 is 1. The first kappa shape index (κ1) is 20.0. The SMILES string of the molecule is CC[C@H](C)c1ccc(N=C(N)SCc2cc(C(C)=O)ccc2OC)cc1. The Morgan fingerprint density at radius 3 is 2.50 bits per heavy atom. The van der Waals surface area contributed by atoms with Crippen LogP contribution in [-0.2, 0) is 5.75 Å². The number of rotatable bonds is 7. The van der Waals surface area contributed by atoms with Crippen LogP contribution in [0.15, 0.2) is 47.5 Å². The average Bonchev–Trinajstić information content (AvgIpc) is 2.66. The molecule has 0 radical (unpaired) electrons. The Morgan fingerprint density at radius 1 is 1.23 bits per heavy atom. The van der Waals surface area contributed by atoms with Crippen molar-refractivity contribution in [3.63, 3.8) is 0 Å². The summed E-state index contributed by atoms with van der Waals surface area (Å²) < 4.78 is 5.37. The summed E-state index contributed by atoms with van der Waals surface area (Å²) >= 11 is 1.43. The van der Waals surface area contributed by atoms with Crippen molar-refractivity contribution >= 4 is 28.4 Å². The second-order valence-corrected chi connectivity index (χ2v) is 7.22. The molecule has 1 atom stereocenters. The van der Waals surface area contributed by atoms with Crippen LogP contribution in [-0.4, -0.2) is 18.1 Å². The Morgan fingerprint density at radius 2 is 1.92 bits per heavy atom. The maximum absolute atomic E-state index is 11.6. The quantitative estimate of drug-likeness (QED) is 0.408. The number of nitrogens with two attached hydrogens (primary N) is 1. The Bertz CT molecular complexity index is 785. The fourth-order valence-corrected chi connectivity index (χ4v) is 3.23. The zero-order chi connectivity index (χ0) is 19.1. The first-order valence-corrected chi connectivity index (χ1v) is 9.68. The highest BCUT2D eigenvalue weighted by Gasteiger charge is 2.09. The third-order valence-corrected chi connectivity index (χ3v) is 5.22. The zero-order valence-electron chi connectivity index (χ0n) is 15.8. The van der Waals surface area contributed by atoms with Gasteiger partial charge in [0.05, 0.1) is 12.8 Å². The molecule has 0 spiro atoms. The number of hydrogen-bond acceptors (Lipinski definition) is 4. The van der Waals surface area contributed by atoms with Gasteiger partial charge in [-0.3, -0.25) is 4.79 Å². The number of aliphatic imine (C=N–C) groups is 1. The summed E-state index contributed by atoms with van der Waals surface area (Å²) in [4.78, 5) is 16.0. The molecule has 5 heteroatoms. The van der Waals surface area contributed by atoms with Gasteiger partial charge in [0.15, 0.2) is 11.0 Å². The summed E-state index contributed by atoms with van der Waals surface area (Å²) in [7, 11) is 1.62. The summed E-state index contributed by atoms with van der Waals surface area (Å²) in [6.07, 6.45) is 1.11. The van der Waals surface area contributed by atoms with Crippen LogP contribution in [0.1, 0.15) is 54.6 Å². The van der Waals surface area contributed by atoms with Crippen molar-refractivity contribution in [3.05, 3.63) is 59.2 Å². The molecule has 0 aliphatic rings. The van der Waals surface area contributed by atoms with Crippen LogP contribution >= 0.6 is 11.8 Å². The zero-order valence-corrected chi connectivity index (χ0v) is 16.6. The molecule has 2 aromatic carbocycles. The Labute approximate surface area is 159 Å². The lowest BCUT2D eigenvalue weighted by Gasteiger charge is -2.10. The van der Waals surface area contributed by atoms with E-state index in [1.165, 1.54) is 17.3 Å². The van der Waals surface area contributed by atoms with Gasteiger partial charge in [0.2, 0.25) is 0 Å². The molecule has 0 bridgehead atoms. The third kappa shape index (κ3) is 5.36. The van der Waals surface area contributed by atoms with Crippen LogP contribution in [0.4, 0.5) is 5.69 Å². The molecular weight excluding hydrogens is 344 g/mol. The predicted octanol–water partition coefficient (Wildman–Crippen LogP) is 5.29. The number of carbonyl (C=O) groups is 1. The molecule has 0 saturated carbocycles. The number of nitrogens with zero attached hydrogens (tertiary/aromatic N) is 1. The summed E-state index contributed by atoms with van der Waals surface area (Å²) in [5, 5.41) is 0.483. The van der Waals surface area contributed by atoms with Gasteiger partial charge in [0, 0.05) is 16.9 Å². The lowest BCUT2D eigenvalue weighted by Crippen LogP contribution is -2.07. The monoisotopic (exact) mass is 370 g/mol. The van der Waals surface area contributed by atoms with Gasteiger partial charge in [-0.25, -0.2) is 4.99 Å². The Hall–Kier alpha value is -2.27. The molecular formula is C21H26N2O2S. The number of ether oxygens (including phenoxy) is 1. The number of carbonyl (C=O) groups excluding carboxylic acids is 1. The van der Waals surface area contributed by atoms with E-state index in [2.05, 4.69) is 31.0 Å². The first-order chi connectivity index (χ1) is 12.4. The second-order valence-electron chi connectivity index (χ2n) is 6.22. The summed E-state index contributed by atoms with van der Waals surface area (Å²) in [5.41, 5.74) is 9.81. The van der Waals surface area contributed by atoms with Gasteiger partial charge in [0.25, 0.3) is 0 Å². The molecule has 0 fully saturated rings.